The number of benzene rings is 1. The summed E-state index contributed by atoms with van der Waals surface area (Å²) in [4.78, 5) is 16.8. The third-order valence-electron chi connectivity index (χ3n) is 3.33. The van der Waals surface area contributed by atoms with E-state index in [0.29, 0.717) is 10.6 Å². The Balaban J connectivity index is 1.68. The number of carbonyl (C=O) groups excluding carboxylic acids is 1. The third-order valence-corrected chi connectivity index (χ3v) is 3.58. The molecular formula is C14H19ClN2O3. The molecule has 20 heavy (non-hydrogen) atoms. The van der Waals surface area contributed by atoms with Crippen molar-refractivity contribution in [3.8, 4) is 0 Å². The van der Waals surface area contributed by atoms with E-state index in [1.165, 1.54) is 0 Å². The van der Waals surface area contributed by atoms with E-state index < -0.39 is 12.1 Å². The SMILES string of the molecule is O=C(NCC(O)c1ccc(Cl)cc1)NOC1CCCC1. The van der Waals surface area contributed by atoms with Gasteiger partial charge < -0.3 is 10.4 Å². The summed E-state index contributed by atoms with van der Waals surface area (Å²) < 4.78 is 0. The molecule has 0 aromatic heterocycles. The van der Waals surface area contributed by atoms with Gasteiger partial charge in [0.15, 0.2) is 0 Å². The number of hydrogen-bond donors (Lipinski definition) is 3. The van der Waals surface area contributed by atoms with Crippen molar-refractivity contribution in [2.24, 2.45) is 0 Å². The molecule has 3 N–H and O–H groups in total. The van der Waals surface area contributed by atoms with Gasteiger partial charge in [-0.25, -0.2) is 10.3 Å². The molecule has 0 saturated heterocycles. The average Bonchev–Trinajstić information content (AvgIpc) is 2.96. The van der Waals surface area contributed by atoms with Gasteiger partial charge in [0.2, 0.25) is 0 Å². The number of carbonyl (C=O) groups is 1. The summed E-state index contributed by atoms with van der Waals surface area (Å²) in [7, 11) is 0. The maximum absolute atomic E-state index is 11.5. The van der Waals surface area contributed by atoms with Crippen LogP contribution in [-0.4, -0.2) is 23.8 Å². The molecule has 1 atom stereocenters. The molecule has 0 aliphatic heterocycles. The molecule has 2 rings (SSSR count). The lowest BCUT2D eigenvalue weighted by Gasteiger charge is -2.14. The second-order valence-corrected chi connectivity index (χ2v) is 5.34. The van der Waals surface area contributed by atoms with Gasteiger partial charge in [0.1, 0.15) is 0 Å². The number of urea groups is 1. The molecule has 1 unspecified atom stereocenters. The van der Waals surface area contributed by atoms with Crippen LogP contribution in [0.5, 0.6) is 0 Å². The minimum atomic E-state index is -0.774. The van der Waals surface area contributed by atoms with Crippen molar-refractivity contribution < 1.29 is 14.7 Å². The molecule has 0 bridgehead atoms. The van der Waals surface area contributed by atoms with Gasteiger partial charge in [-0.2, -0.15) is 0 Å². The van der Waals surface area contributed by atoms with Gasteiger partial charge in [-0.05, 0) is 30.5 Å². The minimum absolute atomic E-state index is 0.113. The molecular weight excluding hydrogens is 280 g/mol. The zero-order chi connectivity index (χ0) is 14.4. The summed E-state index contributed by atoms with van der Waals surface area (Å²) in [6, 6.07) is 6.40. The van der Waals surface area contributed by atoms with Crippen LogP contribution in [0.1, 0.15) is 37.4 Å². The summed E-state index contributed by atoms with van der Waals surface area (Å²) in [5.41, 5.74) is 3.06. The maximum Gasteiger partial charge on any atom is 0.338 e. The number of nitrogens with one attached hydrogen (secondary N) is 2. The van der Waals surface area contributed by atoms with Gasteiger partial charge in [-0.15, -0.1) is 0 Å². The predicted octanol–water partition coefficient (Wildman–Crippen LogP) is 2.55. The fourth-order valence-electron chi connectivity index (χ4n) is 2.17. The van der Waals surface area contributed by atoms with Crippen molar-refractivity contribution in [3.63, 3.8) is 0 Å². The van der Waals surface area contributed by atoms with Crippen molar-refractivity contribution in [1.82, 2.24) is 10.8 Å². The number of amides is 2. The Morgan fingerprint density at radius 3 is 2.65 bits per heavy atom. The second kappa shape index (κ2) is 7.47. The van der Waals surface area contributed by atoms with E-state index in [0.717, 1.165) is 25.7 Å². The highest BCUT2D eigenvalue weighted by molar-refractivity contribution is 6.30. The molecule has 1 fully saturated rings. The van der Waals surface area contributed by atoms with E-state index in [1.807, 2.05) is 0 Å². The smallest absolute Gasteiger partial charge is 0.338 e. The number of rotatable bonds is 5. The van der Waals surface area contributed by atoms with Crippen molar-refractivity contribution in [2.75, 3.05) is 6.54 Å². The minimum Gasteiger partial charge on any atom is -0.387 e. The van der Waals surface area contributed by atoms with E-state index >= 15 is 0 Å². The molecule has 1 aromatic carbocycles. The number of hydroxylamine groups is 1. The lowest BCUT2D eigenvalue weighted by Crippen LogP contribution is -2.39. The van der Waals surface area contributed by atoms with Crippen LogP contribution in [0.25, 0.3) is 0 Å². The average molecular weight is 299 g/mol. The number of aliphatic hydroxyl groups excluding tert-OH is 1. The van der Waals surface area contributed by atoms with Crippen LogP contribution >= 0.6 is 11.6 Å². The topological polar surface area (TPSA) is 70.6 Å². The first-order valence-corrected chi connectivity index (χ1v) is 7.16. The van der Waals surface area contributed by atoms with Gasteiger partial charge in [0.05, 0.1) is 12.2 Å². The molecule has 1 aliphatic rings. The molecule has 6 heteroatoms. The Morgan fingerprint density at radius 2 is 2.00 bits per heavy atom. The molecule has 1 aliphatic carbocycles. The van der Waals surface area contributed by atoms with E-state index in [-0.39, 0.29) is 12.6 Å². The molecule has 0 heterocycles. The van der Waals surface area contributed by atoms with Gasteiger partial charge >= 0.3 is 6.03 Å². The number of aliphatic hydroxyl groups is 1. The van der Waals surface area contributed by atoms with E-state index in [1.54, 1.807) is 24.3 Å². The van der Waals surface area contributed by atoms with Crippen molar-refractivity contribution in [2.45, 2.75) is 37.9 Å². The number of halogens is 1. The molecule has 0 radical (unpaired) electrons. The normalized spacial score (nSPS) is 16.9. The summed E-state index contributed by atoms with van der Waals surface area (Å²) in [5, 5.41) is 13.1. The van der Waals surface area contributed by atoms with Gasteiger partial charge in [0.25, 0.3) is 0 Å². The molecule has 1 aromatic rings. The first kappa shape index (κ1) is 15.1. The Hall–Kier alpha value is -1.30. The monoisotopic (exact) mass is 298 g/mol. The van der Waals surface area contributed by atoms with Crippen molar-refractivity contribution >= 4 is 17.6 Å². The molecule has 110 valence electrons. The summed E-state index contributed by atoms with van der Waals surface area (Å²) >= 11 is 5.77. The van der Waals surface area contributed by atoms with Crippen LogP contribution in [0.15, 0.2) is 24.3 Å². The fourth-order valence-corrected chi connectivity index (χ4v) is 2.30. The Kier molecular flexibility index (Phi) is 5.64. The highest BCUT2D eigenvalue weighted by Crippen LogP contribution is 2.19. The summed E-state index contributed by atoms with van der Waals surface area (Å²) in [5.74, 6) is 0. The second-order valence-electron chi connectivity index (χ2n) is 4.90. The Bertz CT molecular complexity index is 433. The summed E-state index contributed by atoms with van der Waals surface area (Å²) in [6.45, 7) is 0.113. The Labute approximate surface area is 123 Å². The highest BCUT2D eigenvalue weighted by atomic mass is 35.5. The molecule has 1 saturated carbocycles. The lowest BCUT2D eigenvalue weighted by molar-refractivity contribution is -0.000417. The standard InChI is InChI=1S/C14H19ClN2O3/c15-11-7-5-10(6-8-11)13(18)9-16-14(19)17-20-12-3-1-2-4-12/h5-8,12-13,18H,1-4,9H2,(H2,16,17,19). The van der Waals surface area contributed by atoms with Gasteiger partial charge in [0, 0.05) is 11.6 Å². The van der Waals surface area contributed by atoms with Crippen LogP contribution < -0.4 is 10.8 Å². The fraction of sp³-hybridized carbons (Fsp3) is 0.500. The maximum atomic E-state index is 11.5. The zero-order valence-corrected chi connectivity index (χ0v) is 11.9. The third kappa shape index (κ3) is 4.67. The zero-order valence-electron chi connectivity index (χ0n) is 11.1. The van der Waals surface area contributed by atoms with Crippen LogP contribution in [0.2, 0.25) is 5.02 Å². The van der Waals surface area contributed by atoms with Gasteiger partial charge in [-0.3, -0.25) is 4.84 Å². The molecule has 0 spiro atoms. The van der Waals surface area contributed by atoms with Crippen LogP contribution in [0.3, 0.4) is 0 Å². The first-order valence-electron chi connectivity index (χ1n) is 6.78. The number of hydrogen-bond acceptors (Lipinski definition) is 3. The summed E-state index contributed by atoms with van der Waals surface area (Å²) in [6.07, 6.45) is 3.58. The lowest BCUT2D eigenvalue weighted by atomic mass is 10.1. The largest absolute Gasteiger partial charge is 0.387 e. The van der Waals surface area contributed by atoms with E-state index in [2.05, 4.69) is 10.8 Å². The molecule has 2 amide bonds. The van der Waals surface area contributed by atoms with Crippen molar-refractivity contribution in [1.29, 1.82) is 0 Å². The predicted molar refractivity (Wildman–Crippen MR) is 76.3 cm³/mol. The Morgan fingerprint density at radius 1 is 1.35 bits per heavy atom. The van der Waals surface area contributed by atoms with Crippen LogP contribution in [0.4, 0.5) is 4.79 Å². The molecule has 5 nitrogen and oxygen atoms in total. The van der Waals surface area contributed by atoms with Crippen LogP contribution in [-0.2, 0) is 4.84 Å². The quantitative estimate of drug-likeness (QED) is 0.732. The van der Waals surface area contributed by atoms with E-state index in [4.69, 9.17) is 16.4 Å². The van der Waals surface area contributed by atoms with Crippen LogP contribution in [0, 0.1) is 0 Å². The van der Waals surface area contributed by atoms with Crippen molar-refractivity contribution in [3.05, 3.63) is 34.9 Å². The van der Waals surface area contributed by atoms with Gasteiger partial charge in [-0.1, -0.05) is 36.6 Å². The first-order chi connectivity index (χ1) is 9.65. The highest BCUT2D eigenvalue weighted by Gasteiger charge is 2.17. The van der Waals surface area contributed by atoms with E-state index in [9.17, 15) is 9.90 Å².